The number of carboxylic acids is 3. The second-order valence-electron chi connectivity index (χ2n) is 1.50. The molecule has 0 saturated carbocycles. The Labute approximate surface area is 124 Å². The van der Waals surface area contributed by atoms with Crippen LogP contribution in [0.1, 0.15) is 0 Å². The van der Waals surface area contributed by atoms with Crippen LogP contribution >= 0.6 is 0 Å². The molecular formula is C5H7NNa2O6. The van der Waals surface area contributed by atoms with Gasteiger partial charge in [-0.15, -0.1) is 0 Å². The topological polar surface area (TPSA) is 130 Å². The molecule has 0 aliphatic carbocycles. The molecule has 14 heavy (non-hydrogen) atoms. The molecule has 0 atom stereocenters. The quantitative estimate of drug-likeness (QED) is 0.351. The number of hydrogen-bond donors (Lipinski definition) is 2. The van der Waals surface area contributed by atoms with Crippen LogP contribution in [0.15, 0.2) is 0 Å². The Bertz CT molecular complexity index is 173. The molecule has 0 aromatic carbocycles. The Hall–Kier alpha value is 0.370. The van der Waals surface area contributed by atoms with Gasteiger partial charge in [-0.1, -0.05) is 0 Å². The molecule has 7 nitrogen and oxygen atoms in total. The summed E-state index contributed by atoms with van der Waals surface area (Å²) in [4.78, 5) is 27.4. The van der Waals surface area contributed by atoms with Crippen molar-refractivity contribution in [1.29, 1.82) is 0 Å². The smallest absolute Gasteiger partial charge is 0.543 e. The first kappa shape index (κ1) is 23.9. The van der Waals surface area contributed by atoms with Crippen molar-refractivity contribution in [3.63, 3.8) is 0 Å². The minimum atomic E-state index is -2.19. The van der Waals surface area contributed by atoms with Gasteiger partial charge in [0, 0.05) is 0 Å². The maximum atomic E-state index is 9.54. The number of hydrogen-bond acceptors (Lipinski definition) is 6. The predicted molar refractivity (Wildman–Crippen MR) is 31.6 cm³/mol. The van der Waals surface area contributed by atoms with Gasteiger partial charge in [0.1, 0.15) is 0 Å². The molecule has 0 heterocycles. The van der Waals surface area contributed by atoms with Crippen molar-refractivity contribution in [1.82, 2.24) is 5.32 Å². The molecule has 9 heteroatoms. The van der Waals surface area contributed by atoms with Crippen LogP contribution in [0.2, 0.25) is 0 Å². The summed E-state index contributed by atoms with van der Waals surface area (Å²) in [5.41, 5.74) is 0. The normalized spacial score (nSPS) is 6.64. The van der Waals surface area contributed by atoms with E-state index < -0.39 is 17.9 Å². The van der Waals surface area contributed by atoms with Crippen LogP contribution in [0.4, 0.5) is 0 Å². The van der Waals surface area contributed by atoms with Crippen molar-refractivity contribution < 1.29 is 88.8 Å². The van der Waals surface area contributed by atoms with E-state index in [1.165, 1.54) is 0 Å². The monoisotopic (exact) mass is 223 g/mol. The van der Waals surface area contributed by atoms with E-state index >= 15 is 0 Å². The summed E-state index contributed by atoms with van der Waals surface area (Å²) in [5, 5.41) is 28.2. The van der Waals surface area contributed by atoms with Gasteiger partial charge in [-0.3, -0.25) is 4.79 Å². The van der Waals surface area contributed by atoms with Crippen LogP contribution in [-0.4, -0.2) is 36.6 Å². The molecule has 0 spiro atoms. The fourth-order valence-electron chi connectivity index (χ4n) is 0.151. The Morgan fingerprint density at radius 2 is 1.43 bits per heavy atom. The molecule has 0 aliphatic rings. The average molecular weight is 223 g/mol. The fourth-order valence-corrected chi connectivity index (χ4v) is 0.151. The zero-order valence-corrected chi connectivity index (χ0v) is 12.2. The van der Waals surface area contributed by atoms with Crippen LogP contribution in [0, 0.1) is 0 Å². The largest absolute Gasteiger partial charge is 1.00 e. The average Bonchev–Trinajstić information content (AvgIpc) is 1.87. The summed E-state index contributed by atoms with van der Waals surface area (Å²) in [5.74, 6) is -5.19. The van der Waals surface area contributed by atoms with Gasteiger partial charge in [0.15, 0.2) is 0 Å². The molecule has 0 amide bonds. The van der Waals surface area contributed by atoms with E-state index in [0.717, 1.165) is 0 Å². The summed E-state index contributed by atoms with van der Waals surface area (Å²) >= 11 is 0. The standard InChI is InChI=1S/C3H7NO2.C2H2O4.2Na/c1-4-2-3(5)6;3-1(4)2(5)6;;/h4H,2H2,1H3,(H,5,6);(H,3,4)(H,5,6);;/q;;2*+1/p-2. The second kappa shape index (κ2) is 15.8. The Balaban J connectivity index is -0.0000000625. The third-order valence-electron chi connectivity index (χ3n) is 0.495. The molecule has 0 fully saturated rings. The molecule has 70 valence electrons. The number of carbonyl (C=O) groups is 3. The van der Waals surface area contributed by atoms with Gasteiger partial charge in [-0.05, 0) is 7.05 Å². The van der Waals surface area contributed by atoms with Crippen LogP contribution in [0.5, 0.6) is 0 Å². The SMILES string of the molecule is CNCC(=O)O.O=C([O-])C(=O)[O-].[Na+].[Na+]. The van der Waals surface area contributed by atoms with E-state index in [9.17, 15) is 4.79 Å². The molecule has 0 aromatic rings. The van der Waals surface area contributed by atoms with Gasteiger partial charge in [-0.25, -0.2) is 0 Å². The summed E-state index contributed by atoms with van der Waals surface area (Å²) in [7, 11) is 1.59. The van der Waals surface area contributed by atoms with Gasteiger partial charge in [0.25, 0.3) is 0 Å². The molecule has 0 unspecified atom stereocenters. The first-order chi connectivity index (χ1) is 5.41. The summed E-state index contributed by atoms with van der Waals surface area (Å²) in [6.07, 6.45) is 0. The first-order valence-electron chi connectivity index (χ1n) is 2.70. The third-order valence-corrected chi connectivity index (χ3v) is 0.495. The molecular weight excluding hydrogens is 216 g/mol. The van der Waals surface area contributed by atoms with E-state index in [1.54, 1.807) is 7.05 Å². The van der Waals surface area contributed by atoms with E-state index in [-0.39, 0.29) is 65.7 Å². The van der Waals surface area contributed by atoms with Gasteiger partial charge in [0.05, 0.1) is 18.5 Å². The number of nitrogens with one attached hydrogen (secondary N) is 1. The molecule has 0 aromatic heterocycles. The van der Waals surface area contributed by atoms with Gasteiger partial charge in [-0.2, -0.15) is 0 Å². The Morgan fingerprint density at radius 3 is 1.43 bits per heavy atom. The van der Waals surface area contributed by atoms with Crippen LogP contribution in [0.25, 0.3) is 0 Å². The van der Waals surface area contributed by atoms with Gasteiger partial charge in [0.2, 0.25) is 0 Å². The fraction of sp³-hybridized carbons (Fsp3) is 0.400. The van der Waals surface area contributed by atoms with Crippen molar-refractivity contribution in [3.8, 4) is 0 Å². The van der Waals surface area contributed by atoms with Crippen molar-refractivity contribution in [2.24, 2.45) is 0 Å². The zero-order valence-electron chi connectivity index (χ0n) is 8.20. The van der Waals surface area contributed by atoms with Crippen LogP contribution in [-0.2, 0) is 14.4 Å². The minimum Gasteiger partial charge on any atom is -0.543 e. The Morgan fingerprint density at radius 1 is 1.14 bits per heavy atom. The number of rotatable bonds is 2. The first-order valence-corrected chi connectivity index (χ1v) is 2.70. The maximum absolute atomic E-state index is 9.54. The number of carbonyl (C=O) groups excluding carboxylic acids is 2. The molecule has 0 rings (SSSR count). The van der Waals surface area contributed by atoms with Crippen LogP contribution in [0.3, 0.4) is 0 Å². The van der Waals surface area contributed by atoms with E-state index in [0.29, 0.717) is 0 Å². The predicted octanol–water partition coefficient (Wildman–Crippen LogP) is -10.2. The molecule has 0 bridgehead atoms. The van der Waals surface area contributed by atoms with E-state index in [2.05, 4.69) is 5.32 Å². The summed E-state index contributed by atoms with van der Waals surface area (Å²) in [6, 6.07) is 0. The minimum absolute atomic E-state index is 0. The van der Waals surface area contributed by atoms with E-state index in [4.69, 9.17) is 24.9 Å². The second-order valence-corrected chi connectivity index (χ2v) is 1.50. The summed E-state index contributed by atoms with van der Waals surface area (Å²) < 4.78 is 0. The van der Waals surface area contributed by atoms with Gasteiger partial charge >= 0.3 is 65.1 Å². The maximum Gasteiger partial charge on any atom is 1.00 e. The molecule has 0 aliphatic heterocycles. The van der Waals surface area contributed by atoms with Gasteiger partial charge < -0.3 is 30.2 Å². The zero-order chi connectivity index (χ0) is 10.1. The van der Waals surface area contributed by atoms with Crippen molar-refractivity contribution in [2.75, 3.05) is 13.6 Å². The number of aliphatic carboxylic acids is 3. The van der Waals surface area contributed by atoms with Crippen molar-refractivity contribution in [3.05, 3.63) is 0 Å². The van der Waals surface area contributed by atoms with Crippen molar-refractivity contribution in [2.45, 2.75) is 0 Å². The third kappa shape index (κ3) is 29.4. The molecule has 0 saturated heterocycles. The number of likely N-dealkylation sites (N-methyl/N-ethyl adjacent to an activating group) is 1. The Kier molecular flexibility index (Phi) is 27.0. The molecule has 2 N–H and O–H groups in total. The van der Waals surface area contributed by atoms with E-state index in [1.807, 2.05) is 0 Å². The van der Waals surface area contributed by atoms with Crippen LogP contribution < -0.4 is 74.6 Å². The summed E-state index contributed by atoms with van der Waals surface area (Å²) in [6.45, 7) is 0.0417. The van der Waals surface area contributed by atoms with Crippen molar-refractivity contribution >= 4 is 17.9 Å². The molecule has 0 radical (unpaired) electrons. The number of carboxylic acid groups (broad SMARTS) is 3.